The first-order chi connectivity index (χ1) is 11.5. The Morgan fingerprint density at radius 2 is 1.25 bits per heavy atom. The fourth-order valence-electron chi connectivity index (χ4n) is 3.59. The van der Waals surface area contributed by atoms with Gasteiger partial charge in [-0.1, -0.05) is 78.6 Å². The van der Waals surface area contributed by atoms with E-state index in [4.69, 9.17) is 23.2 Å². The number of halogens is 2. The number of nitrogens with zero attached hydrogens (tertiary/aromatic N) is 1. The van der Waals surface area contributed by atoms with E-state index in [2.05, 4.69) is 24.3 Å². The Morgan fingerprint density at radius 3 is 1.62 bits per heavy atom. The molecule has 0 bridgehead atoms. The summed E-state index contributed by atoms with van der Waals surface area (Å²) in [6.07, 6.45) is 0. The number of oxime groups is 1. The van der Waals surface area contributed by atoms with Crippen molar-refractivity contribution < 1.29 is 5.21 Å². The van der Waals surface area contributed by atoms with Crippen LogP contribution in [0.25, 0.3) is 0 Å². The number of nitrogens with one attached hydrogen (secondary N) is 1. The molecule has 0 aliphatic carbocycles. The monoisotopic (exact) mass is 362 g/mol. The molecule has 2 N–H and O–H groups in total. The van der Waals surface area contributed by atoms with E-state index in [-0.39, 0.29) is 23.9 Å². The summed E-state index contributed by atoms with van der Waals surface area (Å²) in [7, 11) is 0. The lowest BCUT2D eigenvalue weighted by Crippen LogP contribution is -2.46. The molecule has 0 unspecified atom stereocenters. The van der Waals surface area contributed by atoms with E-state index in [1.54, 1.807) is 0 Å². The number of rotatable bonds is 2. The molecule has 1 aliphatic rings. The lowest BCUT2D eigenvalue weighted by atomic mass is 9.75. The highest BCUT2D eigenvalue weighted by atomic mass is 35.5. The molecule has 1 heterocycles. The molecule has 3 nitrogen and oxygen atoms in total. The molecule has 4 atom stereocenters. The molecule has 0 amide bonds. The first-order valence-corrected chi connectivity index (χ1v) is 8.77. The van der Waals surface area contributed by atoms with Crippen LogP contribution < -0.4 is 5.32 Å². The summed E-state index contributed by atoms with van der Waals surface area (Å²) in [5.74, 6) is 0.0345. The normalized spacial score (nSPS) is 28.9. The van der Waals surface area contributed by atoms with Crippen molar-refractivity contribution in [1.82, 2.24) is 5.32 Å². The van der Waals surface area contributed by atoms with Crippen LogP contribution in [-0.4, -0.2) is 10.9 Å². The minimum Gasteiger partial charge on any atom is -0.411 e. The van der Waals surface area contributed by atoms with Gasteiger partial charge in [0.25, 0.3) is 0 Å². The lowest BCUT2D eigenvalue weighted by molar-refractivity contribution is 0.271. The molecule has 0 aromatic heterocycles. The largest absolute Gasteiger partial charge is 0.411 e. The van der Waals surface area contributed by atoms with E-state index in [1.807, 2.05) is 48.5 Å². The van der Waals surface area contributed by atoms with E-state index < -0.39 is 0 Å². The molecule has 5 heteroatoms. The average molecular weight is 363 g/mol. The highest BCUT2D eigenvalue weighted by molar-refractivity contribution is 6.31. The van der Waals surface area contributed by atoms with Gasteiger partial charge >= 0.3 is 0 Å². The van der Waals surface area contributed by atoms with Gasteiger partial charge in [0.05, 0.1) is 5.71 Å². The summed E-state index contributed by atoms with van der Waals surface area (Å²) < 4.78 is 0. The predicted octanol–water partition coefficient (Wildman–Crippen LogP) is 5.48. The Morgan fingerprint density at radius 1 is 0.833 bits per heavy atom. The van der Waals surface area contributed by atoms with Gasteiger partial charge in [0.1, 0.15) is 0 Å². The molecular weight excluding hydrogens is 343 g/mol. The van der Waals surface area contributed by atoms with Crippen LogP contribution in [0.5, 0.6) is 0 Å². The van der Waals surface area contributed by atoms with Crippen molar-refractivity contribution in [3.63, 3.8) is 0 Å². The number of hydrogen-bond donors (Lipinski definition) is 2. The Kier molecular flexibility index (Phi) is 5.14. The highest BCUT2D eigenvalue weighted by Crippen LogP contribution is 2.41. The zero-order valence-corrected chi connectivity index (χ0v) is 15.1. The summed E-state index contributed by atoms with van der Waals surface area (Å²) in [5.41, 5.74) is 2.75. The van der Waals surface area contributed by atoms with Crippen molar-refractivity contribution in [2.75, 3.05) is 0 Å². The third-order valence-corrected chi connectivity index (χ3v) is 5.58. The van der Waals surface area contributed by atoms with Crippen LogP contribution in [0.3, 0.4) is 0 Å². The minimum atomic E-state index is -0.0536. The van der Waals surface area contributed by atoms with Gasteiger partial charge < -0.3 is 10.5 Å². The van der Waals surface area contributed by atoms with Gasteiger partial charge in [-0.3, -0.25) is 0 Å². The summed E-state index contributed by atoms with van der Waals surface area (Å²) in [5, 5.41) is 18.3. The molecule has 126 valence electrons. The molecule has 1 saturated heterocycles. The second-order valence-corrected chi connectivity index (χ2v) is 7.08. The van der Waals surface area contributed by atoms with Gasteiger partial charge in [0, 0.05) is 34.0 Å². The Hall–Kier alpha value is -1.55. The molecule has 24 heavy (non-hydrogen) atoms. The minimum absolute atomic E-state index is 0.0173. The van der Waals surface area contributed by atoms with E-state index in [0.29, 0.717) is 10.0 Å². The standard InChI is InChI=1S/C19H20Cl2N2O/c1-11-17(23-24)12(2)19(14-8-4-6-10-16(14)21)22-18(11)13-7-3-5-9-15(13)20/h3-12,18-19,22,24H,1-2H3/t11-,12+,18-,19+. The molecule has 2 aromatic rings. The third kappa shape index (κ3) is 3.04. The van der Waals surface area contributed by atoms with Gasteiger partial charge in [-0.2, -0.15) is 0 Å². The molecule has 1 fully saturated rings. The maximum Gasteiger partial charge on any atom is 0.0664 e. The van der Waals surface area contributed by atoms with Gasteiger partial charge in [-0.05, 0) is 23.3 Å². The van der Waals surface area contributed by atoms with Crippen molar-refractivity contribution in [2.45, 2.75) is 25.9 Å². The smallest absolute Gasteiger partial charge is 0.0664 e. The highest BCUT2D eigenvalue weighted by Gasteiger charge is 2.40. The van der Waals surface area contributed by atoms with Crippen LogP contribution in [0.2, 0.25) is 10.0 Å². The molecule has 0 spiro atoms. The zero-order valence-electron chi connectivity index (χ0n) is 13.6. The quantitative estimate of drug-likeness (QED) is 0.548. The van der Waals surface area contributed by atoms with Gasteiger partial charge in [-0.15, -0.1) is 0 Å². The Balaban J connectivity index is 2.06. The van der Waals surface area contributed by atoms with E-state index in [9.17, 15) is 5.21 Å². The van der Waals surface area contributed by atoms with Crippen molar-refractivity contribution in [2.24, 2.45) is 17.0 Å². The molecule has 1 aliphatic heterocycles. The predicted molar refractivity (Wildman–Crippen MR) is 99.1 cm³/mol. The maximum absolute atomic E-state index is 9.59. The fraction of sp³-hybridized carbons (Fsp3) is 0.316. The zero-order chi connectivity index (χ0) is 17.3. The second-order valence-electron chi connectivity index (χ2n) is 6.27. The van der Waals surface area contributed by atoms with Crippen molar-refractivity contribution in [1.29, 1.82) is 0 Å². The van der Waals surface area contributed by atoms with Crippen molar-refractivity contribution in [3.8, 4) is 0 Å². The molecule has 0 radical (unpaired) electrons. The molecule has 3 rings (SSSR count). The summed E-state index contributed by atoms with van der Waals surface area (Å²) in [6, 6.07) is 15.4. The van der Waals surface area contributed by atoms with E-state index >= 15 is 0 Å². The SMILES string of the molecule is C[C@@H]1C(=NO)[C@H](C)[C@@H](c2ccccc2Cl)N[C@H]1c1ccccc1Cl. The molecular formula is C19H20Cl2N2O. The topological polar surface area (TPSA) is 44.6 Å². The van der Waals surface area contributed by atoms with Crippen LogP contribution >= 0.6 is 23.2 Å². The van der Waals surface area contributed by atoms with Gasteiger partial charge in [0.15, 0.2) is 0 Å². The third-order valence-electron chi connectivity index (χ3n) is 4.89. The number of piperidine rings is 1. The second kappa shape index (κ2) is 7.14. The van der Waals surface area contributed by atoms with E-state index in [1.165, 1.54) is 0 Å². The summed E-state index contributed by atoms with van der Waals surface area (Å²) in [4.78, 5) is 0. The van der Waals surface area contributed by atoms with Crippen molar-refractivity contribution in [3.05, 3.63) is 69.7 Å². The Labute approximate surface area is 152 Å². The fourth-order valence-corrected chi connectivity index (χ4v) is 4.10. The molecule has 0 saturated carbocycles. The van der Waals surface area contributed by atoms with Crippen molar-refractivity contribution >= 4 is 28.9 Å². The number of benzene rings is 2. The summed E-state index contributed by atoms with van der Waals surface area (Å²) >= 11 is 12.8. The number of hydrogen-bond acceptors (Lipinski definition) is 3. The van der Waals surface area contributed by atoms with E-state index in [0.717, 1.165) is 16.8 Å². The Bertz CT molecular complexity index is 703. The van der Waals surface area contributed by atoms with Crippen LogP contribution in [-0.2, 0) is 0 Å². The lowest BCUT2D eigenvalue weighted by Gasteiger charge is -2.41. The molecule has 2 aromatic carbocycles. The van der Waals surface area contributed by atoms with Crippen LogP contribution in [0.4, 0.5) is 0 Å². The van der Waals surface area contributed by atoms with Crippen LogP contribution in [0, 0.1) is 11.8 Å². The maximum atomic E-state index is 9.59. The van der Waals surface area contributed by atoms with Gasteiger partial charge in [0.2, 0.25) is 0 Å². The summed E-state index contributed by atoms with van der Waals surface area (Å²) in [6.45, 7) is 4.10. The average Bonchev–Trinajstić information content (AvgIpc) is 2.57. The van der Waals surface area contributed by atoms with Crippen LogP contribution in [0.15, 0.2) is 53.7 Å². The first-order valence-electron chi connectivity index (χ1n) is 8.01. The van der Waals surface area contributed by atoms with Crippen LogP contribution in [0.1, 0.15) is 37.1 Å². The first kappa shape index (κ1) is 17.3. The van der Waals surface area contributed by atoms with Gasteiger partial charge in [-0.25, -0.2) is 0 Å².